The average Bonchev–Trinajstić information content (AvgIpc) is 2.37. The minimum Gasteiger partial charge on any atom is -0.348 e. The normalized spacial score (nSPS) is 23.3. The molecule has 0 atom stereocenters. The predicted molar refractivity (Wildman–Crippen MR) is 65.5 cm³/mol. The molecule has 0 spiro atoms. The Hall–Kier alpha value is -1.18. The zero-order chi connectivity index (χ0) is 15.6. The van der Waals surface area contributed by atoms with Gasteiger partial charge in [0.25, 0.3) is 0 Å². The van der Waals surface area contributed by atoms with Crippen LogP contribution in [0.3, 0.4) is 0 Å². The summed E-state index contributed by atoms with van der Waals surface area (Å²) in [4.78, 5) is 0. The highest BCUT2D eigenvalue weighted by Gasteiger charge is 2.36. The Balaban J connectivity index is 2.16. The largest absolute Gasteiger partial charge is 0.386 e. The minimum atomic E-state index is -4.58. The third-order valence-corrected chi connectivity index (χ3v) is 3.30. The molecule has 1 aromatic rings. The second kappa shape index (κ2) is 6.29. The molecule has 21 heavy (non-hydrogen) atoms. The van der Waals surface area contributed by atoms with Crippen LogP contribution in [0.15, 0.2) is 12.1 Å². The number of hydrogen-bond donors (Lipinski definition) is 1. The molecule has 0 aromatic heterocycles. The quantitative estimate of drug-likeness (QED) is 0.866. The number of alkyl halides is 2. The highest BCUT2D eigenvalue weighted by molar-refractivity contribution is 5.29. The predicted octanol–water partition coefficient (Wildman–Crippen LogP) is 3.47. The molecule has 3 nitrogen and oxygen atoms in total. The summed E-state index contributed by atoms with van der Waals surface area (Å²) in [6, 6.07) is 1.38. The Bertz CT molecular complexity index is 470. The van der Waals surface area contributed by atoms with Gasteiger partial charge in [-0.2, -0.15) is 8.78 Å². The lowest BCUT2D eigenvalue weighted by atomic mass is 10.0. The Morgan fingerprint density at radius 2 is 1.71 bits per heavy atom. The number of hydrogen-bond acceptors (Lipinski definition) is 3. The van der Waals surface area contributed by atoms with E-state index in [1.54, 1.807) is 0 Å². The third kappa shape index (κ3) is 3.72. The summed E-state index contributed by atoms with van der Waals surface area (Å²) in [5.74, 6) is -2.87. The molecule has 2 rings (SSSR count). The van der Waals surface area contributed by atoms with Crippen LogP contribution in [0, 0.1) is 17.6 Å². The van der Waals surface area contributed by atoms with E-state index in [9.17, 15) is 17.6 Å². The molecular weight excluding hydrogens is 292 g/mol. The molecular formula is C14H16F4O3. The molecule has 1 aliphatic heterocycles. The fourth-order valence-electron chi connectivity index (χ4n) is 2.33. The Morgan fingerprint density at radius 3 is 2.14 bits per heavy atom. The van der Waals surface area contributed by atoms with Crippen LogP contribution in [0.25, 0.3) is 0 Å². The van der Waals surface area contributed by atoms with Crippen LogP contribution in [-0.2, 0) is 15.6 Å². The van der Waals surface area contributed by atoms with Gasteiger partial charge in [0.05, 0.1) is 13.2 Å². The van der Waals surface area contributed by atoms with Crippen LogP contribution >= 0.6 is 0 Å². The molecule has 1 aromatic carbocycles. The number of benzene rings is 1. The van der Waals surface area contributed by atoms with Gasteiger partial charge >= 0.3 is 6.11 Å². The molecule has 0 amide bonds. The Labute approximate surface area is 119 Å². The van der Waals surface area contributed by atoms with Gasteiger partial charge < -0.3 is 14.6 Å². The van der Waals surface area contributed by atoms with Gasteiger partial charge in [-0.15, -0.1) is 0 Å². The summed E-state index contributed by atoms with van der Waals surface area (Å²) in [5.41, 5.74) is -1.71. The summed E-state index contributed by atoms with van der Waals surface area (Å²) in [6.07, 6.45) is -3.70. The minimum absolute atomic E-state index is 0.0343. The van der Waals surface area contributed by atoms with E-state index < -0.39 is 29.6 Å². The van der Waals surface area contributed by atoms with E-state index in [-0.39, 0.29) is 11.5 Å². The van der Waals surface area contributed by atoms with E-state index >= 15 is 0 Å². The summed E-state index contributed by atoms with van der Waals surface area (Å²) < 4.78 is 63.3. The standard InChI is InChI=1S/C14H16F4O3/c1-2-3-8-6-20-13(21-7-8)9-4-10(15)12(11(16)5-9)14(17,18)19/h4-5,8,13,19H,2-3,6-7H2,1H3. The molecule has 0 saturated carbocycles. The van der Waals surface area contributed by atoms with Crippen molar-refractivity contribution in [1.29, 1.82) is 0 Å². The first-order chi connectivity index (χ1) is 9.82. The van der Waals surface area contributed by atoms with Crippen molar-refractivity contribution in [1.82, 2.24) is 0 Å². The maximum atomic E-state index is 13.6. The molecule has 1 aliphatic rings. The fourth-order valence-corrected chi connectivity index (χ4v) is 2.33. The van der Waals surface area contributed by atoms with E-state index in [0.717, 1.165) is 12.8 Å². The molecule has 1 heterocycles. The third-order valence-electron chi connectivity index (χ3n) is 3.30. The van der Waals surface area contributed by atoms with E-state index in [1.807, 2.05) is 6.92 Å². The maximum absolute atomic E-state index is 13.6. The van der Waals surface area contributed by atoms with Crippen molar-refractivity contribution in [3.05, 3.63) is 34.9 Å². The van der Waals surface area contributed by atoms with Gasteiger partial charge in [-0.1, -0.05) is 13.3 Å². The van der Waals surface area contributed by atoms with Gasteiger partial charge in [0, 0.05) is 11.5 Å². The van der Waals surface area contributed by atoms with Crippen LogP contribution in [0.4, 0.5) is 17.6 Å². The average molecular weight is 308 g/mol. The van der Waals surface area contributed by atoms with Crippen molar-refractivity contribution in [2.45, 2.75) is 32.2 Å². The molecule has 118 valence electrons. The van der Waals surface area contributed by atoms with Crippen molar-refractivity contribution in [2.24, 2.45) is 5.92 Å². The lowest BCUT2D eigenvalue weighted by Crippen LogP contribution is -2.27. The van der Waals surface area contributed by atoms with E-state index in [4.69, 9.17) is 14.6 Å². The topological polar surface area (TPSA) is 38.7 Å². The van der Waals surface area contributed by atoms with Crippen LogP contribution in [0.5, 0.6) is 0 Å². The smallest absolute Gasteiger partial charge is 0.348 e. The molecule has 1 N–H and O–H groups in total. The van der Waals surface area contributed by atoms with Gasteiger partial charge in [0.2, 0.25) is 0 Å². The van der Waals surface area contributed by atoms with Crippen molar-refractivity contribution in [2.75, 3.05) is 13.2 Å². The number of ether oxygens (including phenoxy) is 2. The Kier molecular flexibility index (Phi) is 4.85. The number of rotatable bonds is 4. The second-order valence-corrected chi connectivity index (χ2v) is 5.05. The second-order valence-electron chi connectivity index (χ2n) is 5.05. The van der Waals surface area contributed by atoms with Gasteiger partial charge in [-0.3, -0.25) is 0 Å². The summed E-state index contributed by atoms with van der Waals surface area (Å²) in [5, 5.41) is 8.47. The first kappa shape index (κ1) is 16.2. The van der Waals surface area contributed by atoms with Crippen LogP contribution < -0.4 is 0 Å². The van der Waals surface area contributed by atoms with Crippen molar-refractivity contribution < 1.29 is 32.1 Å². The van der Waals surface area contributed by atoms with Gasteiger partial charge in [-0.25, -0.2) is 8.78 Å². The van der Waals surface area contributed by atoms with Crippen molar-refractivity contribution in [3.8, 4) is 0 Å². The lowest BCUT2D eigenvalue weighted by Gasteiger charge is -2.29. The molecule has 7 heteroatoms. The first-order valence-electron chi connectivity index (χ1n) is 6.65. The SMILES string of the molecule is CCCC1COC(c2cc(F)c(C(O)(F)F)c(F)c2)OC1. The zero-order valence-corrected chi connectivity index (χ0v) is 11.4. The van der Waals surface area contributed by atoms with Gasteiger partial charge in [-0.05, 0) is 18.6 Å². The van der Waals surface area contributed by atoms with Crippen LogP contribution in [-0.4, -0.2) is 18.3 Å². The number of halogens is 4. The van der Waals surface area contributed by atoms with E-state index in [2.05, 4.69) is 0 Å². The van der Waals surface area contributed by atoms with Gasteiger partial charge in [0.1, 0.15) is 17.2 Å². The highest BCUT2D eigenvalue weighted by Crippen LogP contribution is 2.33. The molecule has 1 saturated heterocycles. The summed E-state index contributed by atoms with van der Waals surface area (Å²) in [7, 11) is 0. The molecule has 0 aliphatic carbocycles. The molecule has 0 unspecified atom stereocenters. The number of aliphatic hydroxyl groups is 1. The molecule has 0 bridgehead atoms. The van der Waals surface area contributed by atoms with Crippen molar-refractivity contribution in [3.63, 3.8) is 0 Å². The lowest BCUT2D eigenvalue weighted by molar-refractivity contribution is -0.213. The molecule has 0 radical (unpaired) electrons. The highest BCUT2D eigenvalue weighted by atomic mass is 19.3. The van der Waals surface area contributed by atoms with E-state index in [0.29, 0.717) is 25.3 Å². The summed E-state index contributed by atoms with van der Waals surface area (Å²) in [6.45, 7) is 2.77. The summed E-state index contributed by atoms with van der Waals surface area (Å²) >= 11 is 0. The first-order valence-corrected chi connectivity index (χ1v) is 6.65. The maximum Gasteiger partial charge on any atom is 0.386 e. The fraction of sp³-hybridized carbons (Fsp3) is 0.571. The zero-order valence-electron chi connectivity index (χ0n) is 11.4. The Morgan fingerprint density at radius 1 is 1.19 bits per heavy atom. The van der Waals surface area contributed by atoms with E-state index in [1.165, 1.54) is 0 Å². The monoisotopic (exact) mass is 308 g/mol. The van der Waals surface area contributed by atoms with Crippen LogP contribution in [0.2, 0.25) is 0 Å². The van der Waals surface area contributed by atoms with Crippen molar-refractivity contribution >= 4 is 0 Å². The van der Waals surface area contributed by atoms with Crippen LogP contribution in [0.1, 0.15) is 37.2 Å². The van der Waals surface area contributed by atoms with Gasteiger partial charge in [0.15, 0.2) is 6.29 Å². The molecule has 1 fully saturated rings.